The van der Waals surface area contributed by atoms with Crippen LogP contribution in [-0.4, -0.2) is 41.6 Å². The van der Waals surface area contributed by atoms with Crippen LogP contribution in [-0.2, 0) is 4.79 Å². The lowest BCUT2D eigenvalue weighted by atomic mass is 10.0. The number of para-hydroxylation sites is 1. The zero-order valence-electron chi connectivity index (χ0n) is 11.3. The Kier molecular flexibility index (Phi) is 3.46. The van der Waals surface area contributed by atoms with Gasteiger partial charge in [-0.2, -0.15) is 0 Å². The molecule has 0 saturated heterocycles. The second-order valence-electron chi connectivity index (χ2n) is 5.05. The largest absolute Gasteiger partial charge is 0.481 e. The van der Waals surface area contributed by atoms with E-state index < -0.39 is 11.9 Å². The lowest BCUT2D eigenvalue weighted by Gasteiger charge is -2.28. The standard InChI is InChI=1S/C14H18N2O3/c1-9(2)15(3)14(19)16-8-11(13(17)18)10-6-4-5-7-12(10)16/h4-7,9,11H,8H2,1-3H3,(H,17,18). The second-order valence-corrected chi connectivity index (χ2v) is 5.05. The van der Waals surface area contributed by atoms with Crippen molar-refractivity contribution in [2.75, 3.05) is 18.5 Å². The molecule has 1 aromatic rings. The first-order chi connectivity index (χ1) is 8.93. The highest BCUT2D eigenvalue weighted by molar-refractivity contribution is 5.98. The molecule has 1 heterocycles. The fourth-order valence-corrected chi connectivity index (χ4v) is 2.21. The molecule has 5 nitrogen and oxygen atoms in total. The monoisotopic (exact) mass is 262 g/mol. The van der Waals surface area contributed by atoms with Gasteiger partial charge in [0.15, 0.2) is 0 Å². The van der Waals surface area contributed by atoms with Crippen molar-refractivity contribution in [2.24, 2.45) is 0 Å². The van der Waals surface area contributed by atoms with E-state index in [1.54, 1.807) is 35.0 Å². The number of nitrogens with zero attached hydrogens (tertiary/aromatic N) is 2. The highest BCUT2D eigenvalue weighted by Crippen LogP contribution is 2.36. The Morgan fingerprint density at radius 3 is 2.58 bits per heavy atom. The third-order valence-electron chi connectivity index (χ3n) is 3.57. The summed E-state index contributed by atoms with van der Waals surface area (Å²) in [5.41, 5.74) is 1.41. The number of amides is 2. The van der Waals surface area contributed by atoms with Crippen molar-refractivity contribution >= 4 is 17.7 Å². The average molecular weight is 262 g/mol. The molecular formula is C14H18N2O3. The summed E-state index contributed by atoms with van der Waals surface area (Å²) in [6.45, 7) is 4.05. The van der Waals surface area contributed by atoms with Crippen molar-refractivity contribution in [2.45, 2.75) is 25.8 Å². The summed E-state index contributed by atoms with van der Waals surface area (Å²) in [6.07, 6.45) is 0. The molecule has 1 N–H and O–H groups in total. The lowest BCUT2D eigenvalue weighted by Crippen LogP contribution is -2.44. The number of carbonyl (C=O) groups is 2. The van der Waals surface area contributed by atoms with Gasteiger partial charge in [-0.3, -0.25) is 9.69 Å². The molecule has 1 aromatic carbocycles. The van der Waals surface area contributed by atoms with Gasteiger partial charge in [-0.15, -0.1) is 0 Å². The summed E-state index contributed by atoms with van der Waals surface area (Å²) in [5.74, 6) is -1.53. The molecule has 1 aliphatic heterocycles. The van der Waals surface area contributed by atoms with E-state index in [0.29, 0.717) is 11.3 Å². The fraction of sp³-hybridized carbons (Fsp3) is 0.429. The third-order valence-corrected chi connectivity index (χ3v) is 3.57. The first-order valence-electron chi connectivity index (χ1n) is 6.29. The van der Waals surface area contributed by atoms with E-state index in [-0.39, 0.29) is 18.6 Å². The van der Waals surface area contributed by atoms with E-state index in [4.69, 9.17) is 0 Å². The Balaban J connectivity index is 2.35. The zero-order valence-corrected chi connectivity index (χ0v) is 11.3. The molecule has 1 atom stereocenters. The van der Waals surface area contributed by atoms with E-state index in [0.717, 1.165) is 0 Å². The molecule has 2 rings (SSSR count). The number of urea groups is 1. The Morgan fingerprint density at radius 1 is 1.37 bits per heavy atom. The Bertz CT molecular complexity index is 513. The molecule has 2 amide bonds. The number of carboxylic acids is 1. The van der Waals surface area contributed by atoms with Crippen LogP contribution in [0.2, 0.25) is 0 Å². The van der Waals surface area contributed by atoms with Gasteiger partial charge in [-0.25, -0.2) is 4.79 Å². The molecule has 1 aliphatic rings. The van der Waals surface area contributed by atoms with Gasteiger partial charge in [0.25, 0.3) is 0 Å². The topological polar surface area (TPSA) is 60.9 Å². The first kappa shape index (κ1) is 13.4. The van der Waals surface area contributed by atoms with Gasteiger partial charge in [-0.1, -0.05) is 18.2 Å². The van der Waals surface area contributed by atoms with Crippen molar-refractivity contribution in [3.8, 4) is 0 Å². The van der Waals surface area contributed by atoms with Gasteiger partial charge in [0.05, 0.1) is 0 Å². The number of hydrogen-bond donors (Lipinski definition) is 1. The molecule has 0 aliphatic carbocycles. The highest BCUT2D eigenvalue weighted by Gasteiger charge is 2.37. The number of benzene rings is 1. The molecule has 102 valence electrons. The van der Waals surface area contributed by atoms with E-state index in [9.17, 15) is 14.7 Å². The Hall–Kier alpha value is -2.04. The SMILES string of the molecule is CC(C)N(C)C(=O)N1CC(C(=O)O)c2ccccc21. The quantitative estimate of drug-likeness (QED) is 0.888. The molecular weight excluding hydrogens is 244 g/mol. The summed E-state index contributed by atoms with van der Waals surface area (Å²) in [6, 6.07) is 7.10. The van der Waals surface area contributed by atoms with Crippen LogP contribution in [0.25, 0.3) is 0 Å². The van der Waals surface area contributed by atoms with Crippen LogP contribution in [0, 0.1) is 0 Å². The molecule has 0 spiro atoms. The molecule has 5 heteroatoms. The number of fused-ring (bicyclic) bond motifs is 1. The van der Waals surface area contributed by atoms with Gasteiger partial charge in [-0.05, 0) is 25.5 Å². The second kappa shape index (κ2) is 4.91. The molecule has 1 unspecified atom stereocenters. The van der Waals surface area contributed by atoms with Crippen LogP contribution in [0.5, 0.6) is 0 Å². The van der Waals surface area contributed by atoms with Gasteiger partial charge < -0.3 is 10.0 Å². The van der Waals surface area contributed by atoms with E-state index in [2.05, 4.69) is 0 Å². The highest BCUT2D eigenvalue weighted by atomic mass is 16.4. The van der Waals surface area contributed by atoms with Crippen molar-refractivity contribution in [3.05, 3.63) is 29.8 Å². The van der Waals surface area contributed by atoms with Crippen molar-refractivity contribution in [3.63, 3.8) is 0 Å². The summed E-state index contributed by atoms with van der Waals surface area (Å²) < 4.78 is 0. The minimum absolute atomic E-state index is 0.0727. The fourth-order valence-electron chi connectivity index (χ4n) is 2.21. The predicted octanol–water partition coefficient (Wildman–Crippen LogP) is 2.13. The van der Waals surface area contributed by atoms with Gasteiger partial charge in [0, 0.05) is 25.3 Å². The summed E-state index contributed by atoms with van der Waals surface area (Å²) in [7, 11) is 1.73. The van der Waals surface area contributed by atoms with Crippen molar-refractivity contribution in [1.82, 2.24) is 4.90 Å². The average Bonchev–Trinajstić information content (AvgIpc) is 2.76. The Morgan fingerprint density at radius 2 is 2.00 bits per heavy atom. The number of anilines is 1. The van der Waals surface area contributed by atoms with Crippen LogP contribution in [0.15, 0.2) is 24.3 Å². The first-order valence-corrected chi connectivity index (χ1v) is 6.29. The van der Waals surface area contributed by atoms with Gasteiger partial charge in [0.2, 0.25) is 0 Å². The van der Waals surface area contributed by atoms with Crippen LogP contribution in [0.3, 0.4) is 0 Å². The molecule has 0 fully saturated rings. The molecule has 0 radical (unpaired) electrons. The Labute approximate surface area is 112 Å². The summed E-state index contributed by atoms with van der Waals surface area (Å²) >= 11 is 0. The minimum atomic E-state index is -0.894. The van der Waals surface area contributed by atoms with Crippen molar-refractivity contribution < 1.29 is 14.7 Å². The van der Waals surface area contributed by atoms with Gasteiger partial charge in [0.1, 0.15) is 5.92 Å². The smallest absolute Gasteiger partial charge is 0.324 e. The normalized spacial score (nSPS) is 17.5. The number of carboxylic acid groups (broad SMARTS) is 1. The van der Waals surface area contributed by atoms with Crippen LogP contribution in [0.1, 0.15) is 25.3 Å². The minimum Gasteiger partial charge on any atom is -0.481 e. The molecule has 0 aromatic heterocycles. The van der Waals surface area contributed by atoms with E-state index >= 15 is 0 Å². The number of aliphatic carboxylic acids is 1. The van der Waals surface area contributed by atoms with Crippen molar-refractivity contribution in [1.29, 1.82) is 0 Å². The van der Waals surface area contributed by atoms with E-state index in [1.807, 2.05) is 19.9 Å². The number of hydrogen-bond acceptors (Lipinski definition) is 2. The zero-order chi connectivity index (χ0) is 14.2. The lowest BCUT2D eigenvalue weighted by molar-refractivity contribution is -0.138. The molecule has 0 saturated carbocycles. The van der Waals surface area contributed by atoms with Crippen LogP contribution >= 0.6 is 0 Å². The maximum Gasteiger partial charge on any atom is 0.324 e. The molecule has 0 bridgehead atoms. The predicted molar refractivity (Wildman–Crippen MR) is 72.5 cm³/mol. The van der Waals surface area contributed by atoms with E-state index in [1.165, 1.54) is 0 Å². The van der Waals surface area contributed by atoms with Crippen LogP contribution < -0.4 is 4.90 Å². The molecule has 19 heavy (non-hydrogen) atoms. The maximum atomic E-state index is 12.4. The maximum absolute atomic E-state index is 12.4. The van der Waals surface area contributed by atoms with Crippen LogP contribution in [0.4, 0.5) is 10.5 Å². The van der Waals surface area contributed by atoms with Gasteiger partial charge >= 0.3 is 12.0 Å². The number of carbonyl (C=O) groups excluding carboxylic acids is 1. The summed E-state index contributed by atoms with van der Waals surface area (Å²) in [4.78, 5) is 26.8. The summed E-state index contributed by atoms with van der Waals surface area (Å²) in [5, 5.41) is 9.26. The third kappa shape index (κ3) is 2.28. The number of rotatable bonds is 2.